The van der Waals surface area contributed by atoms with E-state index < -0.39 is 6.09 Å². The van der Waals surface area contributed by atoms with Gasteiger partial charge in [0.05, 0.1) is 36.6 Å². The molecule has 0 radical (unpaired) electrons. The van der Waals surface area contributed by atoms with Crippen LogP contribution in [0.5, 0.6) is 5.75 Å². The summed E-state index contributed by atoms with van der Waals surface area (Å²) >= 11 is 0. The van der Waals surface area contributed by atoms with Crippen LogP contribution in [0.3, 0.4) is 0 Å². The molecule has 0 spiro atoms. The van der Waals surface area contributed by atoms with Crippen molar-refractivity contribution < 1.29 is 19.0 Å². The summed E-state index contributed by atoms with van der Waals surface area (Å²) in [5.41, 5.74) is 3.82. The van der Waals surface area contributed by atoms with Crippen molar-refractivity contribution in [2.24, 2.45) is 0 Å². The lowest BCUT2D eigenvalue weighted by Crippen LogP contribution is -2.38. The van der Waals surface area contributed by atoms with Crippen LogP contribution in [0.25, 0.3) is 22.2 Å². The monoisotopic (exact) mass is 462 g/mol. The van der Waals surface area contributed by atoms with E-state index in [2.05, 4.69) is 27.8 Å². The highest BCUT2D eigenvalue weighted by Crippen LogP contribution is 2.36. The van der Waals surface area contributed by atoms with Gasteiger partial charge in [-0.3, -0.25) is 10.2 Å². The van der Waals surface area contributed by atoms with Gasteiger partial charge in [-0.15, -0.1) is 0 Å². The van der Waals surface area contributed by atoms with Gasteiger partial charge in [0, 0.05) is 48.9 Å². The number of nitrogens with zero attached hydrogens (tertiary/aromatic N) is 3. The third-order valence-electron chi connectivity index (χ3n) is 5.90. The van der Waals surface area contributed by atoms with Crippen molar-refractivity contribution in [1.82, 2.24) is 9.47 Å². The summed E-state index contributed by atoms with van der Waals surface area (Å²) in [4.78, 5) is 14.2. The molecule has 1 aliphatic rings. The second-order valence-corrected chi connectivity index (χ2v) is 7.99. The molecule has 1 fully saturated rings. The SMILES string of the molecule is CCOC(=O)Nc1cccc(-c2c(C#N)c3ccc(OCCN4CCOCC4)cc3n2CC)c1. The first-order valence-corrected chi connectivity index (χ1v) is 11.7. The second-order valence-electron chi connectivity index (χ2n) is 7.99. The number of fused-ring (bicyclic) bond motifs is 1. The largest absolute Gasteiger partial charge is 0.492 e. The summed E-state index contributed by atoms with van der Waals surface area (Å²) < 4.78 is 18.5. The highest BCUT2D eigenvalue weighted by atomic mass is 16.5. The zero-order valence-electron chi connectivity index (χ0n) is 19.7. The van der Waals surface area contributed by atoms with Crippen molar-refractivity contribution in [2.75, 3.05) is 51.4 Å². The Morgan fingerprint density at radius 1 is 1.18 bits per heavy atom. The van der Waals surface area contributed by atoms with Gasteiger partial charge in [0.25, 0.3) is 0 Å². The number of nitrogens with one attached hydrogen (secondary N) is 1. The van der Waals surface area contributed by atoms with Crippen LogP contribution in [0.1, 0.15) is 19.4 Å². The van der Waals surface area contributed by atoms with Crippen molar-refractivity contribution in [2.45, 2.75) is 20.4 Å². The molecule has 0 unspecified atom stereocenters. The molecular weight excluding hydrogens is 432 g/mol. The molecule has 1 amide bonds. The molecule has 8 nitrogen and oxygen atoms in total. The maximum absolute atomic E-state index is 11.9. The maximum Gasteiger partial charge on any atom is 0.411 e. The Morgan fingerprint density at radius 3 is 2.74 bits per heavy atom. The van der Waals surface area contributed by atoms with E-state index in [-0.39, 0.29) is 0 Å². The normalized spacial score (nSPS) is 14.0. The predicted octanol–water partition coefficient (Wildman–Crippen LogP) is 4.48. The molecule has 4 rings (SSSR count). The molecular formula is C26H30N4O4. The summed E-state index contributed by atoms with van der Waals surface area (Å²) in [5.74, 6) is 0.779. The van der Waals surface area contributed by atoms with Crippen molar-refractivity contribution in [3.8, 4) is 23.1 Å². The standard InChI is InChI=1S/C26H30N4O4/c1-3-30-24-17-21(34-15-12-29-10-13-32-14-11-29)8-9-22(24)23(18-27)25(30)19-6-5-7-20(16-19)28-26(31)33-4-2/h5-9,16-17H,3-4,10-15H2,1-2H3,(H,28,31). The van der Waals surface area contributed by atoms with Gasteiger partial charge in [-0.2, -0.15) is 5.26 Å². The van der Waals surface area contributed by atoms with Gasteiger partial charge in [-0.25, -0.2) is 4.79 Å². The molecule has 2 heterocycles. The molecule has 1 aromatic heterocycles. The van der Waals surface area contributed by atoms with Crippen molar-refractivity contribution >= 4 is 22.7 Å². The van der Waals surface area contributed by atoms with Gasteiger partial charge in [0.2, 0.25) is 0 Å². The van der Waals surface area contributed by atoms with Gasteiger partial charge < -0.3 is 18.8 Å². The summed E-state index contributed by atoms with van der Waals surface area (Å²) in [6.45, 7) is 9.64. The number of ether oxygens (including phenoxy) is 3. The zero-order chi connectivity index (χ0) is 23.9. The summed E-state index contributed by atoms with van der Waals surface area (Å²) in [6.07, 6.45) is -0.505. The molecule has 178 valence electrons. The minimum absolute atomic E-state index is 0.297. The van der Waals surface area contributed by atoms with Crippen LogP contribution in [-0.2, 0) is 16.0 Å². The van der Waals surface area contributed by atoms with Crippen LogP contribution in [-0.4, -0.2) is 61.6 Å². The Morgan fingerprint density at radius 2 is 2.00 bits per heavy atom. The number of aromatic nitrogens is 1. The van der Waals surface area contributed by atoms with Gasteiger partial charge in [0.1, 0.15) is 18.4 Å². The molecule has 0 aliphatic carbocycles. The molecule has 0 atom stereocenters. The minimum Gasteiger partial charge on any atom is -0.492 e. The fourth-order valence-electron chi connectivity index (χ4n) is 4.31. The van der Waals surface area contributed by atoms with E-state index >= 15 is 0 Å². The maximum atomic E-state index is 11.9. The number of nitriles is 1. The van der Waals surface area contributed by atoms with Crippen LogP contribution in [0.15, 0.2) is 42.5 Å². The Hall–Kier alpha value is -3.54. The van der Waals surface area contributed by atoms with Gasteiger partial charge in [-0.1, -0.05) is 12.1 Å². The topological polar surface area (TPSA) is 88.8 Å². The minimum atomic E-state index is -0.505. The number of carbonyl (C=O) groups is 1. The van der Waals surface area contributed by atoms with Gasteiger partial charge in [-0.05, 0) is 38.1 Å². The average Bonchev–Trinajstić information content (AvgIpc) is 3.18. The highest BCUT2D eigenvalue weighted by Gasteiger charge is 2.19. The molecule has 0 saturated carbocycles. The first-order valence-electron chi connectivity index (χ1n) is 11.7. The summed E-state index contributed by atoms with van der Waals surface area (Å²) in [5, 5.41) is 13.6. The molecule has 34 heavy (non-hydrogen) atoms. The van der Waals surface area contributed by atoms with Crippen molar-refractivity contribution in [3.63, 3.8) is 0 Å². The molecule has 1 aliphatic heterocycles. The molecule has 0 bridgehead atoms. The van der Waals surface area contributed by atoms with E-state index in [0.717, 1.165) is 60.8 Å². The lowest BCUT2D eigenvalue weighted by molar-refractivity contribution is 0.0322. The molecule has 1 saturated heterocycles. The number of rotatable bonds is 8. The predicted molar refractivity (Wildman–Crippen MR) is 131 cm³/mol. The molecule has 2 aromatic carbocycles. The summed E-state index contributed by atoms with van der Waals surface area (Å²) in [7, 11) is 0. The third-order valence-corrected chi connectivity index (χ3v) is 5.90. The Labute approximate surface area is 199 Å². The van der Waals surface area contributed by atoms with E-state index in [1.807, 2.05) is 36.4 Å². The number of amides is 1. The van der Waals surface area contributed by atoms with Crippen LogP contribution in [0.2, 0.25) is 0 Å². The first kappa shape index (κ1) is 23.6. The van der Waals surface area contributed by atoms with Crippen LogP contribution < -0.4 is 10.1 Å². The van der Waals surface area contributed by atoms with Crippen LogP contribution in [0, 0.1) is 11.3 Å². The van der Waals surface area contributed by atoms with Crippen LogP contribution >= 0.6 is 0 Å². The van der Waals surface area contributed by atoms with Gasteiger partial charge in [0.15, 0.2) is 0 Å². The lowest BCUT2D eigenvalue weighted by Gasteiger charge is -2.26. The molecule has 1 N–H and O–H groups in total. The average molecular weight is 463 g/mol. The number of anilines is 1. The second kappa shape index (κ2) is 11.1. The van der Waals surface area contributed by atoms with Gasteiger partial charge >= 0.3 is 6.09 Å². The van der Waals surface area contributed by atoms with E-state index in [9.17, 15) is 10.1 Å². The number of carbonyl (C=O) groups excluding carboxylic acids is 1. The fourth-order valence-corrected chi connectivity index (χ4v) is 4.31. The van der Waals surface area contributed by atoms with Crippen LogP contribution in [0.4, 0.5) is 10.5 Å². The Bertz CT molecular complexity index is 1190. The van der Waals surface area contributed by atoms with E-state index in [4.69, 9.17) is 14.2 Å². The van der Waals surface area contributed by atoms with Crippen molar-refractivity contribution in [1.29, 1.82) is 5.26 Å². The Balaban J connectivity index is 1.62. The Kier molecular flexibility index (Phi) is 7.68. The zero-order valence-corrected chi connectivity index (χ0v) is 19.7. The number of hydrogen-bond donors (Lipinski definition) is 1. The third kappa shape index (κ3) is 5.16. The summed E-state index contributed by atoms with van der Waals surface area (Å²) in [6, 6.07) is 15.7. The first-order chi connectivity index (χ1) is 16.6. The van der Waals surface area contributed by atoms with E-state index in [1.165, 1.54) is 0 Å². The number of aryl methyl sites for hydroxylation is 1. The van der Waals surface area contributed by atoms with E-state index in [0.29, 0.717) is 31.0 Å². The fraction of sp³-hybridized carbons (Fsp3) is 0.385. The van der Waals surface area contributed by atoms with Crippen molar-refractivity contribution in [3.05, 3.63) is 48.0 Å². The molecule has 8 heteroatoms. The lowest BCUT2D eigenvalue weighted by atomic mass is 10.1. The number of benzene rings is 2. The smallest absolute Gasteiger partial charge is 0.411 e. The highest BCUT2D eigenvalue weighted by molar-refractivity contribution is 5.96. The quantitative estimate of drug-likeness (QED) is 0.531. The number of morpholine rings is 1. The van der Waals surface area contributed by atoms with E-state index in [1.54, 1.807) is 13.0 Å². The molecule has 3 aromatic rings. The number of hydrogen-bond acceptors (Lipinski definition) is 6.